The topological polar surface area (TPSA) is 47.7 Å². The molecular formula is C13H26N2O2. The first kappa shape index (κ1) is 13.3. The van der Waals surface area contributed by atoms with Gasteiger partial charge in [-0.15, -0.1) is 0 Å². The summed E-state index contributed by atoms with van der Waals surface area (Å²) in [6, 6.07) is 0. The second-order valence-corrected chi connectivity index (χ2v) is 5.40. The van der Waals surface area contributed by atoms with E-state index in [0.717, 1.165) is 45.5 Å². The lowest BCUT2D eigenvalue weighted by Gasteiger charge is -2.46. The van der Waals surface area contributed by atoms with Gasteiger partial charge < -0.3 is 20.1 Å². The fourth-order valence-electron chi connectivity index (χ4n) is 3.16. The van der Waals surface area contributed by atoms with E-state index in [-0.39, 0.29) is 5.60 Å². The molecule has 2 aliphatic rings. The first-order chi connectivity index (χ1) is 8.28. The van der Waals surface area contributed by atoms with Crippen molar-refractivity contribution >= 4 is 0 Å². The van der Waals surface area contributed by atoms with Crippen LogP contribution in [-0.2, 0) is 9.47 Å². The highest BCUT2D eigenvalue weighted by Gasteiger charge is 2.40. The maximum absolute atomic E-state index is 6.10. The quantitative estimate of drug-likeness (QED) is 0.799. The minimum Gasteiger partial charge on any atom is -0.381 e. The molecule has 0 aliphatic carbocycles. The lowest BCUT2D eigenvalue weighted by atomic mass is 9.84. The van der Waals surface area contributed by atoms with Crippen LogP contribution in [0.4, 0.5) is 0 Å². The van der Waals surface area contributed by atoms with Gasteiger partial charge in [-0.1, -0.05) is 0 Å². The van der Waals surface area contributed by atoms with Crippen LogP contribution in [0.3, 0.4) is 0 Å². The van der Waals surface area contributed by atoms with Gasteiger partial charge in [-0.2, -0.15) is 0 Å². The molecule has 100 valence electrons. The van der Waals surface area contributed by atoms with Crippen molar-refractivity contribution in [3.63, 3.8) is 0 Å². The van der Waals surface area contributed by atoms with Crippen molar-refractivity contribution in [1.29, 1.82) is 0 Å². The molecule has 2 N–H and O–H groups in total. The lowest BCUT2D eigenvalue weighted by molar-refractivity contribution is -0.152. The smallest absolute Gasteiger partial charge is 0.0833 e. The standard InChI is InChI=1S/C13H26N2O2/c1-16-12-4-9-17-13(10-12)5-2-7-15(11-13)8-3-6-14/h12H,2-11,14H2,1H3/t12-,13-/m0/s1. The molecule has 0 aromatic heterocycles. The van der Waals surface area contributed by atoms with Crippen molar-refractivity contribution in [3.8, 4) is 0 Å². The van der Waals surface area contributed by atoms with E-state index in [1.165, 1.54) is 19.4 Å². The van der Waals surface area contributed by atoms with Crippen LogP contribution >= 0.6 is 0 Å². The predicted octanol–water partition coefficient (Wildman–Crippen LogP) is 0.995. The molecule has 0 radical (unpaired) electrons. The summed E-state index contributed by atoms with van der Waals surface area (Å²) in [6.45, 7) is 5.00. The molecular weight excluding hydrogens is 216 g/mol. The Morgan fingerprint density at radius 2 is 2.41 bits per heavy atom. The first-order valence-corrected chi connectivity index (χ1v) is 6.87. The number of ether oxygens (including phenoxy) is 2. The SMILES string of the molecule is CO[C@H]1CCO[C@@]2(CCCN(CCCN)C2)C1. The number of rotatable bonds is 4. The van der Waals surface area contributed by atoms with E-state index in [2.05, 4.69) is 4.90 Å². The highest BCUT2D eigenvalue weighted by Crippen LogP contribution is 2.34. The van der Waals surface area contributed by atoms with E-state index < -0.39 is 0 Å². The number of likely N-dealkylation sites (tertiary alicyclic amines) is 1. The van der Waals surface area contributed by atoms with Gasteiger partial charge in [0.2, 0.25) is 0 Å². The molecule has 0 aromatic carbocycles. The van der Waals surface area contributed by atoms with Gasteiger partial charge in [0.25, 0.3) is 0 Å². The molecule has 4 nitrogen and oxygen atoms in total. The van der Waals surface area contributed by atoms with Gasteiger partial charge in [-0.05, 0) is 45.3 Å². The largest absolute Gasteiger partial charge is 0.381 e. The van der Waals surface area contributed by atoms with Crippen molar-refractivity contribution in [2.24, 2.45) is 5.73 Å². The van der Waals surface area contributed by atoms with Crippen molar-refractivity contribution < 1.29 is 9.47 Å². The van der Waals surface area contributed by atoms with Crippen molar-refractivity contribution in [3.05, 3.63) is 0 Å². The highest BCUT2D eigenvalue weighted by atomic mass is 16.5. The van der Waals surface area contributed by atoms with Crippen LogP contribution in [0.25, 0.3) is 0 Å². The number of methoxy groups -OCH3 is 1. The van der Waals surface area contributed by atoms with Crippen LogP contribution in [0, 0.1) is 0 Å². The molecule has 2 heterocycles. The third-order valence-corrected chi connectivity index (χ3v) is 4.08. The van der Waals surface area contributed by atoms with Crippen LogP contribution in [0.5, 0.6) is 0 Å². The maximum atomic E-state index is 6.10. The van der Waals surface area contributed by atoms with Crippen LogP contribution in [0.15, 0.2) is 0 Å². The van der Waals surface area contributed by atoms with Crippen molar-refractivity contribution in [1.82, 2.24) is 4.90 Å². The fourth-order valence-corrected chi connectivity index (χ4v) is 3.16. The van der Waals surface area contributed by atoms with E-state index in [0.29, 0.717) is 6.10 Å². The van der Waals surface area contributed by atoms with Crippen LogP contribution in [-0.4, -0.2) is 56.5 Å². The third kappa shape index (κ3) is 3.41. The summed E-state index contributed by atoms with van der Waals surface area (Å²) < 4.78 is 11.6. The van der Waals surface area contributed by atoms with Crippen molar-refractivity contribution in [2.75, 3.05) is 39.9 Å². The summed E-state index contributed by atoms with van der Waals surface area (Å²) in [6.07, 6.45) is 6.00. The Morgan fingerprint density at radius 3 is 3.18 bits per heavy atom. The van der Waals surface area contributed by atoms with Crippen LogP contribution in [0.2, 0.25) is 0 Å². The monoisotopic (exact) mass is 242 g/mol. The number of nitrogens with two attached hydrogens (primary N) is 1. The van der Waals surface area contributed by atoms with E-state index in [4.69, 9.17) is 15.2 Å². The molecule has 17 heavy (non-hydrogen) atoms. The zero-order valence-electron chi connectivity index (χ0n) is 11.0. The van der Waals surface area contributed by atoms with Gasteiger partial charge in [0, 0.05) is 26.7 Å². The molecule has 0 unspecified atom stereocenters. The first-order valence-electron chi connectivity index (χ1n) is 6.87. The summed E-state index contributed by atoms with van der Waals surface area (Å²) in [4.78, 5) is 2.51. The number of piperidine rings is 1. The van der Waals surface area contributed by atoms with Gasteiger partial charge in [-0.3, -0.25) is 0 Å². The third-order valence-electron chi connectivity index (χ3n) is 4.08. The molecule has 0 saturated carbocycles. The van der Waals surface area contributed by atoms with E-state index in [9.17, 15) is 0 Å². The molecule has 2 fully saturated rings. The molecule has 2 atom stereocenters. The Bertz CT molecular complexity index is 233. The number of nitrogens with zero attached hydrogens (tertiary/aromatic N) is 1. The minimum absolute atomic E-state index is 0.0613. The van der Waals surface area contributed by atoms with E-state index >= 15 is 0 Å². The van der Waals surface area contributed by atoms with Gasteiger partial charge >= 0.3 is 0 Å². The van der Waals surface area contributed by atoms with Gasteiger partial charge in [-0.25, -0.2) is 0 Å². The summed E-state index contributed by atoms with van der Waals surface area (Å²) in [5, 5.41) is 0. The zero-order valence-corrected chi connectivity index (χ0v) is 11.0. The lowest BCUT2D eigenvalue weighted by Crippen LogP contribution is -2.54. The summed E-state index contributed by atoms with van der Waals surface area (Å²) in [5.74, 6) is 0. The molecule has 0 bridgehead atoms. The second-order valence-electron chi connectivity index (χ2n) is 5.40. The number of hydrogen-bond donors (Lipinski definition) is 1. The normalized spacial score (nSPS) is 35.3. The average molecular weight is 242 g/mol. The molecule has 2 aliphatic heterocycles. The minimum atomic E-state index is 0.0613. The van der Waals surface area contributed by atoms with Gasteiger partial charge in [0.1, 0.15) is 0 Å². The number of hydrogen-bond acceptors (Lipinski definition) is 4. The summed E-state index contributed by atoms with van der Waals surface area (Å²) in [5.41, 5.74) is 5.64. The Morgan fingerprint density at radius 1 is 1.53 bits per heavy atom. The Kier molecular flexibility index (Phi) is 4.79. The Hall–Kier alpha value is -0.160. The van der Waals surface area contributed by atoms with E-state index in [1.807, 2.05) is 7.11 Å². The summed E-state index contributed by atoms with van der Waals surface area (Å²) >= 11 is 0. The fraction of sp³-hybridized carbons (Fsp3) is 1.00. The zero-order chi connectivity index (χ0) is 12.1. The molecule has 0 aromatic rings. The highest BCUT2D eigenvalue weighted by molar-refractivity contribution is 4.93. The average Bonchev–Trinajstić information content (AvgIpc) is 2.36. The summed E-state index contributed by atoms with van der Waals surface area (Å²) in [7, 11) is 1.82. The Labute approximate surface area is 104 Å². The van der Waals surface area contributed by atoms with Gasteiger partial charge in [0.05, 0.1) is 11.7 Å². The molecule has 4 heteroatoms. The molecule has 0 amide bonds. The van der Waals surface area contributed by atoms with Crippen LogP contribution in [0.1, 0.15) is 32.1 Å². The van der Waals surface area contributed by atoms with Gasteiger partial charge in [0.15, 0.2) is 0 Å². The molecule has 2 saturated heterocycles. The molecule has 1 spiro atoms. The maximum Gasteiger partial charge on any atom is 0.0833 e. The van der Waals surface area contributed by atoms with Crippen LogP contribution < -0.4 is 5.73 Å². The molecule has 2 rings (SSSR count). The predicted molar refractivity (Wildman–Crippen MR) is 68.1 cm³/mol. The van der Waals surface area contributed by atoms with Crippen molar-refractivity contribution in [2.45, 2.75) is 43.8 Å². The Balaban J connectivity index is 1.89. The second kappa shape index (κ2) is 6.14. The van der Waals surface area contributed by atoms with E-state index in [1.54, 1.807) is 0 Å².